The number of nitriles is 1. The number of rotatable bonds is 7. The number of fused-ring (bicyclic) bond motifs is 1. The van der Waals surface area contributed by atoms with E-state index in [0.717, 1.165) is 30.3 Å². The molecule has 0 amide bonds. The zero-order chi connectivity index (χ0) is 28.4. The number of anilines is 1. The van der Waals surface area contributed by atoms with Crippen molar-refractivity contribution in [2.75, 3.05) is 17.5 Å². The van der Waals surface area contributed by atoms with Gasteiger partial charge in [-0.1, -0.05) is 29.8 Å². The largest absolute Gasteiger partial charge is 0.491 e. The van der Waals surface area contributed by atoms with Gasteiger partial charge in [0.15, 0.2) is 0 Å². The van der Waals surface area contributed by atoms with Gasteiger partial charge >= 0.3 is 12.1 Å². The van der Waals surface area contributed by atoms with Gasteiger partial charge in [0.1, 0.15) is 16.3 Å². The summed E-state index contributed by atoms with van der Waals surface area (Å²) in [6.45, 7) is -0.216. The summed E-state index contributed by atoms with van der Waals surface area (Å²) >= 11 is 6.41. The average molecular weight is 580 g/mol. The first-order valence-electron chi connectivity index (χ1n) is 11.7. The number of carbonyl (C=O) groups is 1. The Morgan fingerprint density at radius 3 is 2.62 bits per heavy atom. The number of hydrogen-bond donors (Lipinski definition) is 1. The van der Waals surface area contributed by atoms with Crippen LogP contribution in [-0.2, 0) is 27.4 Å². The molecule has 0 fully saturated rings. The van der Waals surface area contributed by atoms with E-state index in [1.807, 2.05) is 6.07 Å². The fourth-order valence-electron chi connectivity index (χ4n) is 4.25. The molecular weight excluding hydrogens is 559 g/mol. The number of benzene rings is 2. The van der Waals surface area contributed by atoms with Gasteiger partial charge < -0.3 is 9.84 Å². The number of aryl methyl sites for hydroxylation is 1. The van der Waals surface area contributed by atoms with Crippen molar-refractivity contribution in [3.63, 3.8) is 0 Å². The minimum Gasteiger partial charge on any atom is -0.491 e. The monoisotopic (exact) mass is 579 g/mol. The van der Waals surface area contributed by atoms with Gasteiger partial charge in [-0.15, -0.1) is 0 Å². The molecule has 0 aliphatic carbocycles. The minimum absolute atomic E-state index is 0.0540. The zero-order valence-corrected chi connectivity index (χ0v) is 21.8. The van der Waals surface area contributed by atoms with Crippen LogP contribution in [0.15, 0.2) is 53.6 Å². The number of hydrogen-bond acceptors (Lipinski definition) is 6. The lowest BCUT2D eigenvalue weighted by Crippen LogP contribution is -2.32. The maximum Gasteiger partial charge on any atom is 0.433 e. The van der Waals surface area contributed by atoms with Crippen molar-refractivity contribution in [2.45, 2.75) is 36.8 Å². The second-order valence-electron chi connectivity index (χ2n) is 8.66. The van der Waals surface area contributed by atoms with Crippen LogP contribution in [0.2, 0.25) is 5.02 Å². The molecule has 0 saturated heterocycles. The molecule has 3 aromatic rings. The second kappa shape index (κ2) is 11.1. The summed E-state index contributed by atoms with van der Waals surface area (Å²) in [6, 6.07) is 11.5. The van der Waals surface area contributed by atoms with Gasteiger partial charge in [-0.05, 0) is 43.0 Å². The molecule has 1 aromatic heterocycles. The first-order chi connectivity index (χ1) is 18.4. The van der Waals surface area contributed by atoms with Gasteiger partial charge in [0.05, 0.1) is 35.4 Å². The smallest absolute Gasteiger partial charge is 0.433 e. The van der Waals surface area contributed by atoms with Crippen molar-refractivity contribution < 1.29 is 36.2 Å². The number of aromatic nitrogens is 1. The predicted octanol–water partition coefficient (Wildman–Crippen LogP) is 5.68. The maximum absolute atomic E-state index is 14.1. The Morgan fingerprint density at radius 1 is 1.18 bits per heavy atom. The van der Waals surface area contributed by atoms with Crippen LogP contribution in [0.25, 0.3) is 11.1 Å². The van der Waals surface area contributed by atoms with Crippen molar-refractivity contribution in [3.05, 3.63) is 70.5 Å². The van der Waals surface area contributed by atoms with Crippen molar-refractivity contribution in [1.29, 1.82) is 5.26 Å². The number of aliphatic carboxylic acids is 1. The summed E-state index contributed by atoms with van der Waals surface area (Å²) in [5, 5.41) is 18.4. The summed E-state index contributed by atoms with van der Waals surface area (Å²) < 4.78 is 74.5. The molecule has 2 heterocycles. The van der Waals surface area contributed by atoms with E-state index >= 15 is 0 Å². The molecule has 39 heavy (non-hydrogen) atoms. The molecule has 1 N–H and O–H groups in total. The number of carboxylic acids is 1. The van der Waals surface area contributed by atoms with Crippen molar-refractivity contribution in [2.24, 2.45) is 0 Å². The number of carboxylic acid groups (broad SMARTS) is 1. The van der Waals surface area contributed by atoms with Gasteiger partial charge in [-0.25, -0.2) is 8.42 Å². The molecule has 0 atom stereocenters. The summed E-state index contributed by atoms with van der Waals surface area (Å²) in [7, 11) is -4.36. The number of nitrogens with zero attached hydrogens (tertiary/aromatic N) is 3. The number of pyridine rings is 1. The van der Waals surface area contributed by atoms with Crippen LogP contribution in [0, 0.1) is 11.3 Å². The van der Waals surface area contributed by atoms with Gasteiger partial charge in [-0.2, -0.15) is 18.4 Å². The molecule has 0 unspecified atom stereocenters. The fraction of sp³-hybridized carbons (Fsp3) is 0.269. The molecule has 0 spiro atoms. The quantitative estimate of drug-likeness (QED) is 0.382. The van der Waals surface area contributed by atoms with Gasteiger partial charge in [-0.3, -0.25) is 14.1 Å². The van der Waals surface area contributed by atoms with Crippen molar-refractivity contribution in [1.82, 2.24) is 4.98 Å². The third-order valence-corrected chi connectivity index (χ3v) is 8.24. The van der Waals surface area contributed by atoms with Crippen molar-refractivity contribution >= 4 is 33.3 Å². The predicted molar refractivity (Wildman–Crippen MR) is 136 cm³/mol. The molecule has 0 saturated carbocycles. The Hall–Kier alpha value is -3.82. The van der Waals surface area contributed by atoms with E-state index < -0.39 is 39.8 Å². The first-order valence-corrected chi connectivity index (χ1v) is 13.5. The van der Waals surface area contributed by atoms with Crippen LogP contribution in [0.4, 0.5) is 18.9 Å². The van der Waals surface area contributed by atoms with E-state index in [2.05, 4.69) is 4.98 Å². The molecule has 4 rings (SSSR count). The molecule has 8 nitrogen and oxygen atoms in total. The van der Waals surface area contributed by atoms with Crippen LogP contribution in [0.3, 0.4) is 0 Å². The maximum atomic E-state index is 14.1. The van der Waals surface area contributed by atoms with E-state index in [9.17, 15) is 31.6 Å². The summed E-state index contributed by atoms with van der Waals surface area (Å²) in [5.74, 6) is -1.40. The van der Waals surface area contributed by atoms with Gasteiger partial charge in [0.2, 0.25) is 0 Å². The summed E-state index contributed by atoms with van der Waals surface area (Å²) in [6.07, 6.45) is -2.44. The molecular formula is C26H21ClF3N3O5S. The Balaban J connectivity index is 1.91. The fourth-order valence-corrected chi connectivity index (χ4v) is 6.19. The Labute approximate surface area is 227 Å². The number of ether oxygens (including phenoxy) is 1. The van der Waals surface area contributed by atoms with Crippen LogP contribution in [0.5, 0.6) is 5.75 Å². The molecule has 1 aliphatic heterocycles. The Bertz CT molecular complexity index is 1570. The number of halogens is 4. The zero-order valence-electron chi connectivity index (χ0n) is 20.2. The molecule has 204 valence electrons. The highest BCUT2D eigenvalue weighted by Gasteiger charge is 2.35. The highest BCUT2D eigenvalue weighted by atomic mass is 35.5. The third kappa shape index (κ3) is 5.94. The first kappa shape index (κ1) is 28.2. The van der Waals surface area contributed by atoms with Crippen LogP contribution in [-0.4, -0.2) is 37.6 Å². The number of para-hydroxylation sites is 1. The van der Waals surface area contributed by atoms with E-state index in [1.54, 1.807) is 24.3 Å². The topological polar surface area (TPSA) is 121 Å². The molecule has 0 bridgehead atoms. The van der Waals surface area contributed by atoms with Crippen LogP contribution < -0.4 is 9.04 Å². The van der Waals surface area contributed by atoms with E-state index in [4.69, 9.17) is 21.4 Å². The standard InChI is InChI=1S/C26H21ClF3N3O5S/c27-20-13-22(38-10-8-25(34)35)23(12-18(20)19-15-32-24(26(28,29)30)11-17(19)14-31)39(36,37)33-9-4-3-6-16-5-1-2-7-21(16)33/h1-2,5,7,11-13,15H,3-4,6,8-10H2,(H,34,35). The lowest BCUT2D eigenvalue weighted by atomic mass is 10.0. The highest BCUT2D eigenvalue weighted by molar-refractivity contribution is 7.93. The summed E-state index contributed by atoms with van der Waals surface area (Å²) in [4.78, 5) is 14.0. The normalized spacial score (nSPS) is 13.8. The van der Waals surface area contributed by atoms with Crippen LogP contribution in [0.1, 0.15) is 36.1 Å². The highest BCUT2D eigenvalue weighted by Crippen LogP contribution is 2.41. The third-order valence-electron chi connectivity index (χ3n) is 6.10. The number of sulfonamides is 1. The van der Waals surface area contributed by atoms with E-state index in [-0.39, 0.29) is 39.9 Å². The SMILES string of the molecule is N#Cc1cc(C(F)(F)F)ncc1-c1cc(S(=O)(=O)N2CCCCc3ccccc32)c(OCCC(=O)O)cc1Cl. The molecule has 13 heteroatoms. The minimum atomic E-state index is -4.80. The lowest BCUT2D eigenvalue weighted by Gasteiger charge is -2.26. The van der Waals surface area contributed by atoms with Crippen molar-refractivity contribution in [3.8, 4) is 22.9 Å². The van der Waals surface area contributed by atoms with E-state index in [1.165, 1.54) is 4.31 Å². The average Bonchev–Trinajstić information content (AvgIpc) is 3.11. The molecule has 0 radical (unpaired) electrons. The van der Waals surface area contributed by atoms with E-state index in [0.29, 0.717) is 24.6 Å². The molecule has 1 aliphatic rings. The van der Waals surface area contributed by atoms with Gasteiger partial charge in [0.25, 0.3) is 10.0 Å². The molecule has 2 aromatic carbocycles. The second-order valence-corrected chi connectivity index (χ2v) is 10.9. The lowest BCUT2D eigenvalue weighted by molar-refractivity contribution is -0.141. The Morgan fingerprint density at radius 2 is 1.92 bits per heavy atom. The van der Waals surface area contributed by atoms with Gasteiger partial charge in [0, 0.05) is 29.9 Å². The summed E-state index contributed by atoms with van der Waals surface area (Å²) in [5.41, 5.74) is -0.581. The van der Waals surface area contributed by atoms with Crippen LogP contribution >= 0.6 is 11.6 Å². The Kier molecular flexibility index (Phi) is 8.04. The number of alkyl halides is 3.